The molecular weight excluding hydrogens is 368 g/mol. The summed E-state index contributed by atoms with van der Waals surface area (Å²) in [6, 6.07) is 2.84. The Balaban J connectivity index is 2.11. The van der Waals surface area contributed by atoms with Gasteiger partial charge in [0.2, 0.25) is 0 Å². The third kappa shape index (κ3) is 2.71. The number of halogens is 3. The number of rotatable bonds is 4. The molecule has 0 aliphatic heterocycles. The van der Waals surface area contributed by atoms with Gasteiger partial charge in [-0.2, -0.15) is 17.9 Å². The molecule has 0 amide bonds. The summed E-state index contributed by atoms with van der Waals surface area (Å²) >= 11 is 5.88. The number of sulfonamides is 1. The Morgan fingerprint density at radius 2 is 1.96 bits per heavy atom. The molecule has 0 saturated carbocycles. The van der Waals surface area contributed by atoms with Crippen molar-refractivity contribution >= 4 is 33.0 Å². The highest BCUT2D eigenvalue weighted by atomic mass is 35.5. The van der Waals surface area contributed by atoms with Crippen molar-refractivity contribution in [2.75, 3.05) is 11.8 Å². The van der Waals surface area contributed by atoms with Crippen molar-refractivity contribution < 1.29 is 21.9 Å². The monoisotopic (exact) mass is 375 g/mol. The number of anilines is 1. The number of ether oxygens (including phenoxy) is 1. The van der Waals surface area contributed by atoms with Crippen LogP contribution in [0.15, 0.2) is 29.6 Å². The summed E-state index contributed by atoms with van der Waals surface area (Å²) in [4.78, 5) is 7.56. The molecule has 0 spiro atoms. The van der Waals surface area contributed by atoms with Crippen molar-refractivity contribution in [2.24, 2.45) is 0 Å². The minimum absolute atomic E-state index is 0.0156. The third-order valence-electron chi connectivity index (χ3n) is 2.89. The summed E-state index contributed by atoms with van der Waals surface area (Å²) in [6.45, 7) is 0. The Kier molecular flexibility index (Phi) is 3.97. The quantitative estimate of drug-likeness (QED) is 0.747. The van der Waals surface area contributed by atoms with Gasteiger partial charge >= 0.3 is 6.01 Å². The highest BCUT2D eigenvalue weighted by Gasteiger charge is 2.25. The molecular formula is C12H8ClF2N5O3S. The predicted octanol–water partition coefficient (Wildman–Crippen LogP) is 1.87. The lowest BCUT2D eigenvalue weighted by Gasteiger charge is -2.06. The van der Waals surface area contributed by atoms with Gasteiger partial charge in [0, 0.05) is 0 Å². The van der Waals surface area contributed by atoms with E-state index in [-0.39, 0.29) is 16.7 Å². The van der Waals surface area contributed by atoms with E-state index in [0.717, 1.165) is 22.7 Å². The highest BCUT2D eigenvalue weighted by Crippen LogP contribution is 2.23. The van der Waals surface area contributed by atoms with E-state index in [1.165, 1.54) is 13.3 Å². The predicted molar refractivity (Wildman–Crippen MR) is 79.5 cm³/mol. The van der Waals surface area contributed by atoms with E-state index in [2.05, 4.69) is 15.1 Å². The van der Waals surface area contributed by atoms with Crippen LogP contribution in [-0.4, -0.2) is 35.1 Å². The molecule has 12 heteroatoms. The number of methoxy groups -OCH3 is 1. The van der Waals surface area contributed by atoms with Gasteiger partial charge in [0.05, 0.1) is 13.3 Å². The summed E-state index contributed by atoms with van der Waals surface area (Å²) in [6.07, 6.45) is 1.20. The Bertz CT molecular complexity index is 1020. The van der Waals surface area contributed by atoms with E-state index in [1.807, 2.05) is 0 Å². The maximum atomic E-state index is 13.6. The van der Waals surface area contributed by atoms with Crippen molar-refractivity contribution in [3.05, 3.63) is 41.1 Å². The smallest absolute Gasteiger partial charge is 0.319 e. The molecule has 2 heterocycles. The van der Waals surface area contributed by atoms with Gasteiger partial charge in [-0.05, 0) is 12.1 Å². The SMILES string of the molecule is COc1ncc(Cl)c2nc(S(=O)(=O)Nc3c(F)cccc3F)nn12. The first-order valence-corrected chi connectivity index (χ1v) is 8.11. The second-order valence-electron chi connectivity index (χ2n) is 4.42. The van der Waals surface area contributed by atoms with Crippen LogP contribution in [0.2, 0.25) is 5.02 Å². The molecule has 8 nitrogen and oxygen atoms in total. The lowest BCUT2D eigenvalue weighted by molar-refractivity contribution is 0.366. The summed E-state index contributed by atoms with van der Waals surface area (Å²) < 4.78 is 59.5. The van der Waals surface area contributed by atoms with Gasteiger partial charge in [-0.3, -0.25) is 4.72 Å². The second-order valence-corrected chi connectivity index (χ2v) is 6.41. The summed E-state index contributed by atoms with van der Waals surface area (Å²) in [5, 5.41) is 2.97. The third-order valence-corrected chi connectivity index (χ3v) is 4.29. The van der Waals surface area contributed by atoms with Gasteiger partial charge in [0.1, 0.15) is 22.3 Å². The number of hydrogen-bond donors (Lipinski definition) is 1. The molecule has 0 saturated heterocycles. The number of para-hydroxylation sites is 1. The van der Waals surface area contributed by atoms with Crippen LogP contribution < -0.4 is 9.46 Å². The highest BCUT2D eigenvalue weighted by molar-refractivity contribution is 7.92. The first-order valence-electron chi connectivity index (χ1n) is 6.25. The number of aromatic nitrogens is 4. The van der Waals surface area contributed by atoms with E-state index in [0.29, 0.717) is 0 Å². The Morgan fingerprint density at radius 3 is 2.58 bits per heavy atom. The molecule has 1 aromatic carbocycles. The number of hydrogen-bond acceptors (Lipinski definition) is 6. The van der Waals surface area contributed by atoms with Crippen molar-refractivity contribution in [3.63, 3.8) is 0 Å². The van der Waals surface area contributed by atoms with Crippen LogP contribution in [-0.2, 0) is 10.0 Å². The van der Waals surface area contributed by atoms with Crippen LogP contribution in [0.1, 0.15) is 0 Å². The van der Waals surface area contributed by atoms with E-state index >= 15 is 0 Å². The molecule has 0 radical (unpaired) electrons. The first kappa shape index (κ1) is 16.3. The number of benzene rings is 1. The molecule has 126 valence electrons. The van der Waals surface area contributed by atoms with Gasteiger partial charge in [-0.1, -0.05) is 17.7 Å². The van der Waals surface area contributed by atoms with Gasteiger partial charge in [0.25, 0.3) is 15.2 Å². The molecule has 0 bridgehead atoms. The summed E-state index contributed by atoms with van der Waals surface area (Å²) in [5.74, 6) is -2.17. The topological polar surface area (TPSA) is 98.5 Å². The number of nitrogens with zero attached hydrogens (tertiary/aromatic N) is 4. The minimum Gasteiger partial charge on any atom is -0.467 e. The van der Waals surface area contributed by atoms with Crippen molar-refractivity contribution in [3.8, 4) is 6.01 Å². The van der Waals surface area contributed by atoms with Crippen molar-refractivity contribution in [1.82, 2.24) is 19.6 Å². The van der Waals surface area contributed by atoms with Crippen LogP contribution in [0, 0.1) is 11.6 Å². The second kappa shape index (κ2) is 5.83. The van der Waals surface area contributed by atoms with Crippen molar-refractivity contribution in [1.29, 1.82) is 0 Å². The van der Waals surface area contributed by atoms with Crippen LogP contribution in [0.4, 0.5) is 14.5 Å². The molecule has 0 atom stereocenters. The molecule has 3 rings (SSSR count). The molecule has 1 N–H and O–H groups in total. The van der Waals surface area contributed by atoms with Gasteiger partial charge in [0.15, 0.2) is 5.65 Å². The van der Waals surface area contributed by atoms with Crippen molar-refractivity contribution in [2.45, 2.75) is 5.16 Å². The molecule has 0 aliphatic rings. The molecule has 3 aromatic rings. The van der Waals surface area contributed by atoms with E-state index < -0.39 is 32.5 Å². The fourth-order valence-corrected chi connectivity index (χ4v) is 2.96. The first-order chi connectivity index (χ1) is 11.3. The fourth-order valence-electron chi connectivity index (χ4n) is 1.83. The molecule has 0 unspecified atom stereocenters. The minimum atomic E-state index is -4.48. The van der Waals surface area contributed by atoms with Gasteiger partial charge in [-0.15, -0.1) is 5.10 Å². The molecule has 24 heavy (non-hydrogen) atoms. The summed E-state index contributed by atoms with van der Waals surface area (Å²) in [7, 11) is -3.19. The van der Waals surface area contributed by atoms with Crippen LogP contribution in [0.3, 0.4) is 0 Å². The maximum Gasteiger partial charge on any atom is 0.319 e. The Labute approximate surface area is 139 Å². The number of nitrogens with one attached hydrogen (secondary N) is 1. The molecule has 0 aliphatic carbocycles. The normalized spacial score (nSPS) is 11.7. The average molecular weight is 376 g/mol. The van der Waals surface area contributed by atoms with E-state index in [4.69, 9.17) is 16.3 Å². The molecule has 0 fully saturated rings. The maximum absolute atomic E-state index is 13.6. The lowest BCUT2D eigenvalue weighted by Crippen LogP contribution is -2.16. The zero-order chi connectivity index (χ0) is 17.5. The van der Waals surface area contributed by atoms with E-state index in [9.17, 15) is 17.2 Å². The van der Waals surface area contributed by atoms with Gasteiger partial charge < -0.3 is 4.74 Å². The average Bonchev–Trinajstić information content (AvgIpc) is 2.99. The molecule has 2 aromatic heterocycles. The van der Waals surface area contributed by atoms with E-state index in [1.54, 1.807) is 4.72 Å². The van der Waals surface area contributed by atoms with Crippen LogP contribution in [0.25, 0.3) is 5.65 Å². The zero-order valence-electron chi connectivity index (χ0n) is 11.9. The van der Waals surface area contributed by atoms with Crippen LogP contribution in [0.5, 0.6) is 6.01 Å². The van der Waals surface area contributed by atoms with Gasteiger partial charge in [-0.25, -0.2) is 13.8 Å². The standard InChI is InChI=1S/C12H8ClF2N5O3S/c1-23-12-16-5-6(13)10-17-11(18-20(10)12)24(21,22)19-9-7(14)3-2-4-8(9)15/h2-5,19H,1H3. The fraction of sp³-hybridized carbons (Fsp3) is 0.0833. The Hall–Kier alpha value is -2.53. The number of fused-ring (bicyclic) bond motifs is 1. The van der Waals surface area contributed by atoms with Crippen LogP contribution >= 0.6 is 11.6 Å². The Morgan fingerprint density at radius 1 is 1.29 bits per heavy atom. The lowest BCUT2D eigenvalue weighted by atomic mass is 10.3. The summed E-state index contributed by atoms with van der Waals surface area (Å²) in [5.41, 5.74) is -0.884. The zero-order valence-corrected chi connectivity index (χ0v) is 13.4. The largest absolute Gasteiger partial charge is 0.467 e.